The largest absolute Gasteiger partial charge is 0.492 e. The zero-order valence-corrected chi connectivity index (χ0v) is 21.1. The molecule has 200 valence electrons. The molecule has 1 heterocycles. The average Bonchev–Trinajstić information content (AvgIpc) is 3.19. The van der Waals surface area contributed by atoms with E-state index >= 15 is 0 Å². The molecule has 0 aromatic heterocycles. The first-order chi connectivity index (χ1) is 16.9. The Labute approximate surface area is 213 Å². The minimum absolute atomic E-state index is 0.0312. The van der Waals surface area contributed by atoms with Crippen molar-refractivity contribution < 1.29 is 27.4 Å². The van der Waals surface area contributed by atoms with Crippen LogP contribution in [0.2, 0.25) is 0 Å². The Balaban J connectivity index is 1.68. The van der Waals surface area contributed by atoms with Gasteiger partial charge >= 0.3 is 12.3 Å². The molecule has 0 radical (unpaired) electrons. The van der Waals surface area contributed by atoms with Gasteiger partial charge in [0.05, 0.1) is 6.54 Å². The highest BCUT2D eigenvalue weighted by atomic mass is 35.5. The molecule has 3 rings (SSSR count). The van der Waals surface area contributed by atoms with Crippen LogP contribution in [0, 0.1) is 5.92 Å². The van der Waals surface area contributed by atoms with E-state index in [4.69, 9.17) is 26.8 Å². The van der Waals surface area contributed by atoms with Crippen LogP contribution in [-0.2, 0) is 4.74 Å². The molecule has 1 amide bonds. The van der Waals surface area contributed by atoms with Crippen molar-refractivity contribution in [1.82, 2.24) is 21.5 Å². The molecule has 0 bridgehead atoms. The van der Waals surface area contributed by atoms with E-state index in [-0.39, 0.29) is 37.0 Å². The van der Waals surface area contributed by atoms with Gasteiger partial charge < -0.3 is 20.5 Å². The number of allylic oxidation sites excluding steroid dienone is 1. The first kappa shape index (κ1) is 27.9. The Morgan fingerprint density at radius 1 is 1.25 bits per heavy atom. The molecule has 1 aromatic carbocycles. The van der Waals surface area contributed by atoms with Gasteiger partial charge in [0.1, 0.15) is 18.0 Å². The van der Waals surface area contributed by atoms with Crippen LogP contribution in [0.5, 0.6) is 5.75 Å². The molecule has 1 aliphatic heterocycles. The first-order valence-corrected chi connectivity index (χ1v) is 12.1. The average molecular weight is 533 g/mol. The summed E-state index contributed by atoms with van der Waals surface area (Å²) in [5, 5.41) is 5.63. The molecule has 1 aromatic rings. The van der Waals surface area contributed by atoms with Crippen LogP contribution in [0.1, 0.15) is 39.2 Å². The van der Waals surface area contributed by atoms with Crippen molar-refractivity contribution in [3.05, 3.63) is 35.4 Å². The number of rotatable bonds is 8. The lowest BCUT2D eigenvalue weighted by Gasteiger charge is -2.35. The number of hydrazine groups is 1. The third-order valence-electron chi connectivity index (χ3n) is 5.48. The molecule has 3 atom stereocenters. The van der Waals surface area contributed by atoms with Gasteiger partial charge in [-0.05, 0) is 62.8 Å². The van der Waals surface area contributed by atoms with E-state index in [9.17, 15) is 18.0 Å². The van der Waals surface area contributed by atoms with E-state index in [0.717, 1.165) is 0 Å². The molecule has 36 heavy (non-hydrogen) atoms. The second-order valence-electron chi connectivity index (χ2n) is 9.53. The maximum absolute atomic E-state index is 14.1. The van der Waals surface area contributed by atoms with Gasteiger partial charge in [-0.2, -0.15) is 18.6 Å². The molecule has 1 aliphatic carbocycles. The van der Waals surface area contributed by atoms with Crippen LogP contribution in [-0.4, -0.2) is 55.2 Å². The smallest absolute Gasteiger partial charge is 0.413 e. The number of ether oxygens (including phenoxy) is 2. The third-order valence-corrected chi connectivity index (χ3v) is 5.86. The van der Waals surface area contributed by atoms with Gasteiger partial charge in [0.15, 0.2) is 6.29 Å². The van der Waals surface area contributed by atoms with Crippen molar-refractivity contribution in [1.29, 1.82) is 0 Å². The SMILES string of the molecule is CC(C)(C)OC(=O)NCCOc1ccc(C2=C(C(F)(F)F)CC(NC3N=C(N)NN3)CC2CCl)cc1. The van der Waals surface area contributed by atoms with Crippen LogP contribution in [0.4, 0.5) is 18.0 Å². The molecule has 3 unspecified atom stereocenters. The minimum Gasteiger partial charge on any atom is -0.492 e. The Morgan fingerprint density at radius 2 is 1.94 bits per heavy atom. The highest BCUT2D eigenvalue weighted by molar-refractivity contribution is 6.18. The monoisotopic (exact) mass is 532 g/mol. The second kappa shape index (κ2) is 11.6. The molecule has 0 saturated heterocycles. The molecule has 9 nitrogen and oxygen atoms in total. The van der Waals surface area contributed by atoms with Crippen molar-refractivity contribution in [3.8, 4) is 5.75 Å². The lowest BCUT2D eigenvalue weighted by atomic mass is 9.77. The zero-order chi connectivity index (χ0) is 26.5. The van der Waals surface area contributed by atoms with Crippen LogP contribution in [0.25, 0.3) is 5.57 Å². The predicted molar refractivity (Wildman–Crippen MR) is 131 cm³/mol. The molecular formula is C23H32ClF3N6O3. The summed E-state index contributed by atoms with van der Waals surface area (Å²) in [5.74, 6) is 0.137. The summed E-state index contributed by atoms with van der Waals surface area (Å²) in [7, 11) is 0. The number of hydrogen-bond acceptors (Lipinski definition) is 8. The number of carbonyl (C=O) groups is 1. The highest BCUT2D eigenvalue weighted by Crippen LogP contribution is 2.45. The van der Waals surface area contributed by atoms with Crippen LogP contribution < -0.4 is 32.0 Å². The number of carbonyl (C=O) groups excluding carboxylic acids is 1. The second-order valence-corrected chi connectivity index (χ2v) is 9.84. The third kappa shape index (κ3) is 7.90. The maximum atomic E-state index is 14.1. The van der Waals surface area contributed by atoms with E-state index in [1.807, 2.05) is 0 Å². The van der Waals surface area contributed by atoms with Gasteiger partial charge in [-0.15, -0.1) is 11.6 Å². The molecule has 6 N–H and O–H groups in total. The van der Waals surface area contributed by atoms with Crippen molar-refractivity contribution in [3.63, 3.8) is 0 Å². The highest BCUT2D eigenvalue weighted by Gasteiger charge is 2.43. The number of benzene rings is 1. The lowest BCUT2D eigenvalue weighted by molar-refractivity contribution is -0.0955. The maximum Gasteiger partial charge on any atom is 0.413 e. The summed E-state index contributed by atoms with van der Waals surface area (Å²) in [6, 6.07) is 5.90. The Morgan fingerprint density at radius 3 is 2.50 bits per heavy atom. The van der Waals surface area contributed by atoms with E-state index in [0.29, 0.717) is 17.7 Å². The topological polar surface area (TPSA) is 122 Å². The summed E-state index contributed by atoms with van der Waals surface area (Å²) in [6.07, 6.45) is -5.52. The predicted octanol–water partition coefficient (Wildman–Crippen LogP) is 3.22. The summed E-state index contributed by atoms with van der Waals surface area (Å²) < 4.78 is 53.1. The molecule has 13 heteroatoms. The zero-order valence-electron chi connectivity index (χ0n) is 20.3. The van der Waals surface area contributed by atoms with Crippen molar-refractivity contribution in [2.45, 2.75) is 57.7 Å². The number of nitrogens with two attached hydrogens (primary N) is 1. The standard InChI is InChI=1S/C23H32ClF3N6O3/c1-22(2,3)36-21(34)29-8-9-35-16-6-4-13(5-7-16)18-14(12-24)10-15(11-17(18)23(25,26)27)30-20-31-19(28)32-33-20/h4-7,14-15,20,30,33H,8-12H2,1-3H3,(H,29,34)(H3,28,31,32). The number of hydrogen-bond donors (Lipinski definition) is 5. The number of aliphatic imine (C=N–C) groups is 1. The summed E-state index contributed by atoms with van der Waals surface area (Å²) in [4.78, 5) is 15.7. The number of halogens is 4. The molecular weight excluding hydrogens is 501 g/mol. The fraction of sp³-hybridized carbons (Fsp3) is 0.565. The minimum atomic E-state index is -4.52. The quantitative estimate of drug-likeness (QED) is 0.257. The first-order valence-electron chi connectivity index (χ1n) is 11.5. The number of amides is 1. The Bertz CT molecular complexity index is 979. The summed E-state index contributed by atoms with van der Waals surface area (Å²) in [5.41, 5.74) is 10.3. The number of guanidine groups is 1. The van der Waals surface area contributed by atoms with Crippen molar-refractivity contribution in [2.24, 2.45) is 16.6 Å². The fourth-order valence-corrected chi connectivity index (χ4v) is 4.39. The van der Waals surface area contributed by atoms with Gasteiger partial charge in [-0.3, -0.25) is 10.7 Å². The molecule has 0 spiro atoms. The number of nitrogens with zero attached hydrogens (tertiary/aromatic N) is 1. The van der Waals surface area contributed by atoms with Gasteiger partial charge in [0, 0.05) is 17.5 Å². The molecule has 2 aliphatic rings. The number of nitrogens with one attached hydrogen (secondary N) is 4. The molecule has 0 saturated carbocycles. The van der Waals surface area contributed by atoms with Gasteiger partial charge in [0.25, 0.3) is 0 Å². The van der Waals surface area contributed by atoms with Gasteiger partial charge in [-0.1, -0.05) is 12.1 Å². The van der Waals surface area contributed by atoms with Crippen molar-refractivity contribution >= 4 is 29.2 Å². The number of alkyl carbamates (subject to hydrolysis) is 1. The van der Waals surface area contributed by atoms with Crippen molar-refractivity contribution in [2.75, 3.05) is 19.0 Å². The van der Waals surface area contributed by atoms with E-state index in [1.165, 1.54) is 0 Å². The van der Waals surface area contributed by atoms with Gasteiger partial charge in [-0.25, -0.2) is 9.79 Å². The van der Waals surface area contributed by atoms with E-state index in [2.05, 4.69) is 26.5 Å². The van der Waals surface area contributed by atoms with Crippen LogP contribution in [0.15, 0.2) is 34.8 Å². The lowest BCUT2D eigenvalue weighted by Crippen LogP contribution is -2.50. The normalized spacial score (nSPS) is 22.6. The Kier molecular flexibility index (Phi) is 8.96. The molecule has 0 fully saturated rings. The van der Waals surface area contributed by atoms with Crippen LogP contribution >= 0.6 is 11.6 Å². The fourth-order valence-electron chi connectivity index (χ4n) is 4.11. The number of alkyl halides is 4. The summed E-state index contributed by atoms with van der Waals surface area (Å²) >= 11 is 6.15. The van der Waals surface area contributed by atoms with Crippen LogP contribution in [0.3, 0.4) is 0 Å². The van der Waals surface area contributed by atoms with E-state index < -0.39 is 41.7 Å². The van der Waals surface area contributed by atoms with E-state index in [1.54, 1.807) is 45.0 Å². The summed E-state index contributed by atoms with van der Waals surface area (Å²) in [6.45, 7) is 5.67. The van der Waals surface area contributed by atoms with Gasteiger partial charge in [0.2, 0.25) is 5.96 Å². The Hall–Kier alpha value is -2.70.